The van der Waals surface area contributed by atoms with Crippen LogP contribution in [0.3, 0.4) is 0 Å². The predicted octanol–water partition coefficient (Wildman–Crippen LogP) is 4.29. The summed E-state index contributed by atoms with van der Waals surface area (Å²) in [5.41, 5.74) is 3.39. The third-order valence-corrected chi connectivity index (χ3v) is 9.22. The van der Waals surface area contributed by atoms with Gasteiger partial charge in [0.1, 0.15) is 4.21 Å². The van der Waals surface area contributed by atoms with Crippen molar-refractivity contribution in [3.63, 3.8) is 0 Å². The topological polar surface area (TPSA) is 87.0 Å². The van der Waals surface area contributed by atoms with E-state index >= 15 is 0 Å². The first kappa shape index (κ1) is 19.7. The number of hydrogen-bond donors (Lipinski definition) is 1. The van der Waals surface area contributed by atoms with Crippen LogP contribution in [0.5, 0.6) is 0 Å². The van der Waals surface area contributed by atoms with E-state index in [1.807, 2.05) is 42.5 Å². The second-order valence-corrected chi connectivity index (χ2v) is 10.7. The number of thiazole rings is 1. The fourth-order valence-electron chi connectivity index (χ4n) is 3.07. The Balaban J connectivity index is 1.47. The van der Waals surface area contributed by atoms with Crippen LogP contribution >= 0.6 is 11.3 Å². The maximum absolute atomic E-state index is 12.7. The van der Waals surface area contributed by atoms with Gasteiger partial charge in [0, 0.05) is 24.1 Å². The van der Waals surface area contributed by atoms with Gasteiger partial charge in [0.2, 0.25) is 5.91 Å². The Bertz CT molecular complexity index is 1140. The van der Waals surface area contributed by atoms with Crippen LogP contribution in [0, 0.1) is 11.7 Å². The van der Waals surface area contributed by atoms with E-state index in [-0.39, 0.29) is 17.6 Å². The highest BCUT2D eigenvalue weighted by Gasteiger charge is 2.36. The van der Waals surface area contributed by atoms with Crippen LogP contribution < -0.4 is 4.90 Å². The van der Waals surface area contributed by atoms with Gasteiger partial charge in [-0.1, -0.05) is 41.7 Å². The van der Waals surface area contributed by atoms with Crippen molar-refractivity contribution in [2.24, 2.45) is 0 Å². The summed E-state index contributed by atoms with van der Waals surface area (Å²) in [7, 11) is -1.14. The molecule has 1 fully saturated rings. The fourth-order valence-corrected chi connectivity index (χ4v) is 6.57. The maximum Gasteiger partial charge on any atom is 0.232 e. The fraction of sp³-hybridized carbons (Fsp3) is 0.286. The molecular weight excluding hydrogens is 404 g/mol. The van der Waals surface area contributed by atoms with Crippen LogP contribution in [0.25, 0.3) is 11.3 Å². The monoisotopic (exact) mass is 426 g/mol. The third-order valence-electron chi connectivity index (χ3n) is 4.94. The molecule has 0 unspecified atom stereocenters. The van der Waals surface area contributed by atoms with Gasteiger partial charge in [0.15, 0.2) is 5.13 Å². The number of aryl methyl sites for hydroxylation is 1. The highest BCUT2D eigenvalue weighted by molar-refractivity contribution is 7.95. The largest absolute Gasteiger partial charge is 0.291 e. The summed E-state index contributed by atoms with van der Waals surface area (Å²) in [4.78, 5) is 23.0. The van der Waals surface area contributed by atoms with E-state index in [1.165, 1.54) is 16.2 Å². The molecule has 2 aromatic heterocycles. The number of pyridine rings is 1. The predicted molar refractivity (Wildman–Crippen MR) is 116 cm³/mol. The molecule has 0 spiro atoms. The second kappa shape index (κ2) is 7.68. The molecule has 29 heavy (non-hydrogen) atoms. The summed E-state index contributed by atoms with van der Waals surface area (Å²) in [6, 6.07) is 13.5. The van der Waals surface area contributed by atoms with Crippen LogP contribution in [0.4, 0.5) is 5.13 Å². The van der Waals surface area contributed by atoms with Crippen molar-refractivity contribution in [1.29, 1.82) is 4.78 Å². The van der Waals surface area contributed by atoms with E-state index in [9.17, 15) is 9.00 Å². The van der Waals surface area contributed by atoms with E-state index in [0.29, 0.717) is 15.0 Å². The summed E-state index contributed by atoms with van der Waals surface area (Å²) in [6.45, 7) is 1.76. The number of benzene rings is 1. The van der Waals surface area contributed by atoms with E-state index < -0.39 is 9.73 Å². The Morgan fingerprint density at radius 3 is 2.59 bits per heavy atom. The summed E-state index contributed by atoms with van der Waals surface area (Å²) in [5.74, 6) is -0.0983. The molecule has 150 valence electrons. The SMILES string of the molecule is Cc1nc(N(C)C(=O)Cc2ccc(-c3ccccn3)cc2)sc1[S@@](=N)(=O)C1CC1. The minimum absolute atomic E-state index is 0.0619. The first-order valence-corrected chi connectivity index (χ1v) is 11.8. The molecule has 1 saturated carbocycles. The van der Waals surface area contributed by atoms with Gasteiger partial charge in [-0.3, -0.25) is 14.7 Å². The van der Waals surface area contributed by atoms with Crippen LogP contribution in [-0.4, -0.2) is 32.4 Å². The Hall–Kier alpha value is -2.58. The summed E-state index contributed by atoms with van der Waals surface area (Å²) in [5, 5.41) is 0.432. The van der Waals surface area contributed by atoms with E-state index in [4.69, 9.17) is 4.78 Å². The molecule has 4 rings (SSSR count). The first-order valence-electron chi connectivity index (χ1n) is 9.38. The molecule has 1 aliphatic carbocycles. The van der Waals surface area contributed by atoms with Crippen LogP contribution in [0.15, 0.2) is 52.9 Å². The number of carbonyl (C=O) groups excluding carboxylic acids is 1. The molecule has 0 radical (unpaired) electrons. The van der Waals surface area contributed by atoms with Crippen molar-refractivity contribution in [2.45, 2.75) is 35.6 Å². The zero-order valence-electron chi connectivity index (χ0n) is 16.3. The van der Waals surface area contributed by atoms with Gasteiger partial charge >= 0.3 is 0 Å². The molecule has 1 amide bonds. The van der Waals surface area contributed by atoms with Gasteiger partial charge in [-0.25, -0.2) is 14.0 Å². The number of anilines is 1. The quantitative estimate of drug-likeness (QED) is 0.637. The van der Waals surface area contributed by atoms with Crippen molar-refractivity contribution in [2.75, 3.05) is 11.9 Å². The van der Waals surface area contributed by atoms with Gasteiger partial charge in [0.25, 0.3) is 0 Å². The van der Waals surface area contributed by atoms with Crippen LogP contribution in [-0.2, 0) is 20.9 Å². The van der Waals surface area contributed by atoms with Crippen molar-refractivity contribution < 1.29 is 9.00 Å². The zero-order chi connectivity index (χ0) is 20.6. The molecule has 1 aromatic carbocycles. The number of nitrogens with zero attached hydrogens (tertiary/aromatic N) is 3. The number of rotatable bonds is 6. The smallest absolute Gasteiger partial charge is 0.232 e. The van der Waals surface area contributed by atoms with Crippen molar-refractivity contribution >= 4 is 32.1 Å². The maximum atomic E-state index is 12.7. The second-order valence-electron chi connectivity index (χ2n) is 7.21. The molecule has 1 atom stereocenters. The minimum Gasteiger partial charge on any atom is -0.291 e. The molecule has 0 saturated heterocycles. The molecule has 6 nitrogen and oxygen atoms in total. The molecule has 0 bridgehead atoms. The molecule has 8 heteroatoms. The number of amides is 1. The van der Waals surface area contributed by atoms with E-state index in [0.717, 1.165) is 29.7 Å². The Morgan fingerprint density at radius 2 is 1.97 bits per heavy atom. The van der Waals surface area contributed by atoms with Crippen molar-refractivity contribution in [3.05, 3.63) is 59.9 Å². The minimum atomic E-state index is -2.81. The van der Waals surface area contributed by atoms with Gasteiger partial charge in [-0.2, -0.15) is 0 Å². The van der Waals surface area contributed by atoms with Crippen LogP contribution in [0.2, 0.25) is 0 Å². The third kappa shape index (κ3) is 4.09. The lowest BCUT2D eigenvalue weighted by molar-refractivity contribution is -0.117. The van der Waals surface area contributed by atoms with Crippen molar-refractivity contribution in [3.8, 4) is 11.3 Å². The lowest BCUT2D eigenvalue weighted by atomic mass is 10.1. The zero-order valence-corrected chi connectivity index (χ0v) is 17.9. The Morgan fingerprint density at radius 1 is 1.24 bits per heavy atom. The van der Waals surface area contributed by atoms with Gasteiger partial charge < -0.3 is 0 Å². The average Bonchev–Trinajstić information content (AvgIpc) is 3.51. The first-order chi connectivity index (χ1) is 13.9. The number of aromatic nitrogens is 2. The molecule has 0 aliphatic heterocycles. The van der Waals surface area contributed by atoms with Crippen LogP contribution in [0.1, 0.15) is 24.1 Å². The van der Waals surface area contributed by atoms with Gasteiger partial charge in [-0.05, 0) is 37.5 Å². The number of nitrogens with one attached hydrogen (secondary N) is 1. The standard InChI is InChI=1S/C21H22N4O2S2/c1-14-20(29(22,27)17-10-11-17)28-21(24-14)25(2)19(26)13-15-6-8-16(9-7-15)18-5-3-4-12-23-18/h3-9,12,17,22H,10-11,13H2,1-2H3/t29-/m0/s1. The van der Waals surface area contributed by atoms with E-state index in [2.05, 4.69) is 9.97 Å². The normalized spacial score (nSPS) is 15.7. The molecule has 1 N–H and O–H groups in total. The molecule has 2 heterocycles. The lowest BCUT2D eigenvalue weighted by Crippen LogP contribution is -2.27. The number of hydrogen-bond acceptors (Lipinski definition) is 6. The summed E-state index contributed by atoms with van der Waals surface area (Å²) in [6.07, 6.45) is 3.66. The average molecular weight is 427 g/mol. The Kier molecular flexibility index (Phi) is 5.23. The number of likely N-dealkylation sites (N-methyl/N-ethyl adjacent to an activating group) is 1. The highest BCUT2D eigenvalue weighted by Crippen LogP contribution is 2.39. The summed E-state index contributed by atoms with van der Waals surface area (Å²) < 4.78 is 21.5. The Labute approximate surface area is 174 Å². The molecule has 3 aromatic rings. The van der Waals surface area contributed by atoms with Crippen molar-refractivity contribution in [1.82, 2.24) is 9.97 Å². The summed E-state index contributed by atoms with van der Waals surface area (Å²) >= 11 is 1.20. The molecular formula is C21H22N4O2S2. The highest BCUT2D eigenvalue weighted by atomic mass is 32.2. The van der Waals surface area contributed by atoms with Gasteiger partial charge in [0.05, 0.1) is 27.5 Å². The van der Waals surface area contributed by atoms with Gasteiger partial charge in [-0.15, -0.1) is 0 Å². The van der Waals surface area contributed by atoms with E-state index in [1.54, 1.807) is 20.2 Å². The molecule has 1 aliphatic rings. The lowest BCUT2D eigenvalue weighted by Gasteiger charge is -2.14. The number of carbonyl (C=O) groups is 1.